The molecule has 0 aliphatic heterocycles. The number of hydrogen-bond donors (Lipinski definition) is 1. The van der Waals surface area contributed by atoms with Crippen LogP contribution >= 0.6 is 0 Å². The lowest BCUT2D eigenvalue weighted by atomic mass is 10.1. The quantitative estimate of drug-likeness (QED) is 0.848. The molecule has 0 atom stereocenters. The number of carbonyl (C=O) groups excluding carboxylic acids is 1. The molecular weight excluding hydrogens is 273 g/mol. The molecule has 0 heterocycles. The molecule has 4 nitrogen and oxygen atoms in total. The summed E-state index contributed by atoms with van der Waals surface area (Å²) in [7, 11) is 0. The maximum absolute atomic E-state index is 12.4. The monoisotopic (exact) mass is 290 g/mol. The zero-order chi connectivity index (χ0) is 15.3. The number of benzene rings is 1. The Kier molecular flexibility index (Phi) is 5.24. The maximum atomic E-state index is 12.4. The van der Waals surface area contributed by atoms with E-state index < -0.39 is 18.6 Å². The summed E-state index contributed by atoms with van der Waals surface area (Å²) in [4.78, 5) is 12.8. The summed E-state index contributed by atoms with van der Waals surface area (Å²) in [5.41, 5.74) is 5.97. The fourth-order valence-electron chi connectivity index (χ4n) is 1.72. The molecule has 7 heteroatoms. The highest BCUT2D eigenvalue weighted by molar-refractivity contribution is 5.95. The Balaban J connectivity index is 3.00. The molecule has 0 unspecified atom stereocenters. The van der Waals surface area contributed by atoms with Gasteiger partial charge in [0.05, 0.1) is 6.61 Å². The second kappa shape index (κ2) is 6.49. The van der Waals surface area contributed by atoms with Crippen molar-refractivity contribution >= 4 is 11.6 Å². The number of hydrogen-bond acceptors (Lipinski definition) is 3. The highest BCUT2D eigenvalue weighted by Gasteiger charge is 2.32. The van der Waals surface area contributed by atoms with Crippen LogP contribution < -0.4 is 10.5 Å². The van der Waals surface area contributed by atoms with Crippen LogP contribution in [0.3, 0.4) is 0 Å². The third-order valence-corrected chi connectivity index (χ3v) is 2.53. The van der Waals surface area contributed by atoms with E-state index in [-0.39, 0.29) is 17.8 Å². The zero-order valence-electron chi connectivity index (χ0n) is 11.3. The molecule has 1 aromatic rings. The average Bonchev–Trinajstić information content (AvgIpc) is 2.33. The van der Waals surface area contributed by atoms with Crippen molar-refractivity contribution in [2.75, 3.05) is 25.4 Å². The van der Waals surface area contributed by atoms with Crippen molar-refractivity contribution in [3.8, 4) is 5.75 Å². The first kappa shape index (κ1) is 16.1. The Labute approximate surface area is 115 Å². The Morgan fingerprint density at radius 1 is 1.30 bits per heavy atom. The molecule has 0 aromatic heterocycles. The molecule has 0 saturated carbocycles. The van der Waals surface area contributed by atoms with E-state index in [1.54, 1.807) is 6.92 Å². The highest BCUT2D eigenvalue weighted by atomic mass is 19.4. The van der Waals surface area contributed by atoms with Crippen molar-refractivity contribution in [2.24, 2.45) is 0 Å². The molecule has 2 N–H and O–H groups in total. The number of nitrogens with zero attached hydrogens (tertiary/aromatic N) is 1. The fourth-order valence-corrected chi connectivity index (χ4v) is 1.72. The Hall–Kier alpha value is -1.92. The highest BCUT2D eigenvalue weighted by Crippen LogP contribution is 2.22. The minimum Gasteiger partial charge on any atom is -0.494 e. The van der Waals surface area contributed by atoms with Gasteiger partial charge in [-0.15, -0.1) is 0 Å². The third-order valence-electron chi connectivity index (χ3n) is 2.53. The lowest BCUT2D eigenvalue weighted by Gasteiger charge is -2.22. The average molecular weight is 290 g/mol. The van der Waals surface area contributed by atoms with Crippen LogP contribution in [0.1, 0.15) is 24.2 Å². The van der Waals surface area contributed by atoms with E-state index in [4.69, 9.17) is 10.5 Å². The molecule has 1 aromatic carbocycles. The minimum atomic E-state index is -4.44. The summed E-state index contributed by atoms with van der Waals surface area (Å²) >= 11 is 0. The smallest absolute Gasteiger partial charge is 0.406 e. The molecule has 0 spiro atoms. The van der Waals surface area contributed by atoms with Gasteiger partial charge in [-0.05, 0) is 26.0 Å². The van der Waals surface area contributed by atoms with Crippen LogP contribution in [0, 0.1) is 0 Å². The SMILES string of the molecule is CCOc1cc(N)cc(C(=O)N(CC)CC(F)(F)F)c1. The van der Waals surface area contributed by atoms with E-state index >= 15 is 0 Å². The van der Waals surface area contributed by atoms with Crippen LogP contribution in [0.2, 0.25) is 0 Å². The Morgan fingerprint density at radius 3 is 2.45 bits per heavy atom. The van der Waals surface area contributed by atoms with Crippen molar-refractivity contribution < 1.29 is 22.7 Å². The molecule has 0 aliphatic rings. The van der Waals surface area contributed by atoms with Crippen LogP contribution in [0.5, 0.6) is 5.75 Å². The Morgan fingerprint density at radius 2 is 1.95 bits per heavy atom. The summed E-state index contributed by atoms with van der Waals surface area (Å²) in [6, 6.07) is 4.24. The fraction of sp³-hybridized carbons (Fsp3) is 0.462. The second-order valence-electron chi connectivity index (χ2n) is 4.16. The standard InChI is InChI=1S/C13H17F3N2O2/c1-3-18(8-13(14,15)16)12(19)9-5-10(17)7-11(6-9)20-4-2/h5-7H,3-4,8,17H2,1-2H3. The van der Waals surface area contributed by atoms with Crippen molar-refractivity contribution in [2.45, 2.75) is 20.0 Å². The molecule has 20 heavy (non-hydrogen) atoms. The van der Waals surface area contributed by atoms with Gasteiger partial charge in [0.2, 0.25) is 0 Å². The van der Waals surface area contributed by atoms with Gasteiger partial charge in [-0.2, -0.15) is 13.2 Å². The van der Waals surface area contributed by atoms with Gasteiger partial charge in [0.15, 0.2) is 0 Å². The molecular formula is C13H17F3N2O2. The van der Waals surface area contributed by atoms with Crippen molar-refractivity contribution in [1.82, 2.24) is 4.90 Å². The Bertz CT molecular complexity index is 475. The van der Waals surface area contributed by atoms with Crippen molar-refractivity contribution in [3.05, 3.63) is 23.8 Å². The molecule has 112 valence electrons. The number of halogens is 3. The molecule has 0 saturated heterocycles. The van der Waals surface area contributed by atoms with Crippen LogP contribution in [-0.4, -0.2) is 36.7 Å². The molecule has 0 aliphatic carbocycles. The maximum Gasteiger partial charge on any atom is 0.406 e. The largest absolute Gasteiger partial charge is 0.494 e. The predicted molar refractivity (Wildman–Crippen MR) is 69.7 cm³/mol. The van der Waals surface area contributed by atoms with Gasteiger partial charge in [-0.3, -0.25) is 4.79 Å². The van der Waals surface area contributed by atoms with E-state index in [9.17, 15) is 18.0 Å². The van der Waals surface area contributed by atoms with Gasteiger partial charge in [0.25, 0.3) is 5.91 Å². The van der Waals surface area contributed by atoms with E-state index in [0.29, 0.717) is 17.3 Å². The second-order valence-corrected chi connectivity index (χ2v) is 4.16. The van der Waals surface area contributed by atoms with E-state index in [1.165, 1.54) is 25.1 Å². The van der Waals surface area contributed by atoms with E-state index in [0.717, 1.165) is 0 Å². The number of nitrogens with two attached hydrogens (primary N) is 1. The normalized spacial score (nSPS) is 11.2. The number of anilines is 1. The summed E-state index contributed by atoms with van der Waals surface area (Å²) in [6.07, 6.45) is -4.44. The number of nitrogen functional groups attached to an aromatic ring is 1. The molecule has 0 bridgehead atoms. The number of alkyl halides is 3. The predicted octanol–water partition coefficient (Wildman–Crippen LogP) is 2.69. The first-order valence-corrected chi connectivity index (χ1v) is 6.16. The van der Waals surface area contributed by atoms with Crippen LogP contribution in [0.15, 0.2) is 18.2 Å². The number of rotatable bonds is 5. The van der Waals surface area contributed by atoms with Crippen molar-refractivity contribution in [1.29, 1.82) is 0 Å². The van der Waals surface area contributed by atoms with Gasteiger partial charge < -0.3 is 15.4 Å². The zero-order valence-corrected chi connectivity index (χ0v) is 11.3. The summed E-state index contributed by atoms with van der Waals surface area (Å²) in [5, 5.41) is 0. The minimum absolute atomic E-state index is 0.0445. The van der Waals surface area contributed by atoms with Crippen LogP contribution in [-0.2, 0) is 0 Å². The third kappa shape index (κ3) is 4.64. The summed E-state index contributed by atoms with van der Waals surface area (Å²) in [5.74, 6) is -0.364. The van der Waals surface area contributed by atoms with E-state index in [1.807, 2.05) is 0 Å². The molecule has 1 rings (SSSR count). The number of carbonyl (C=O) groups is 1. The van der Waals surface area contributed by atoms with Crippen LogP contribution in [0.25, 0.3) is 0 Å². The van der Waals surface area contributed by atoms with Gasteiger partial charge in [0, 0.05) is 23.9 Å². The number of ether oxygens (including phenoxy) is 1. The summed E-state index contributed by atoms with van der Waals surface area (Å²) in [6.45, 7) is 2.28. The lowest BCUT2D eigenvalue weighted by Crippen LogP contribution is -2.38. The van der Waals surface area contributed by atoms with Gasteiger partial charge in [-0.25, -0.2) is 0 Å². The van der Waals surface area contributed by atoms with Gasteiger partial charge in [0.1, 0.15) is 12.3 Å². The van der Waals surface area contributed by atoms with E-state index in [2.05, 4.69) is 0 Å². The molecule has 1 amide bonds. The van der Waals surface area contributed by atoms with Crippen molar-refractivity contribution in [3.63, 3.8) is 0 Å². The first-order valence-electron chi connectivity index (χ1n) is 6.16. The van der Waals surface area contributed by atoms with Gasteiger partial charge in [-0.1, -0.05) is 0 Å². The first-order chi connectivity index (χ1) is 9.26. The molecule has 0 radical (unpaired) electrons. The topological polar surface area (TPSA) is 55.6 Å². The number of amides is 1. The van der Waals surface area contributed by atoms with Crippen LogP contribution in [0.4, 0.5) is 18.9 Å². The van der Waals surface area contributed by atoms with Gasteiger partial charge >= 0.3 is 6.18 Å². The summed E-state index contributed by atoms with van der Waals surface area (Å²) < 4.78 is 42.4. The molecule has 0 fully saturated rings. The lowest BCUT2D eigenvalue weighted by molar-refractivity contribution is -0.140.